The molecule has 0 aliphatic heterocycles. The Kier molecular flexibility index (Phi) is 18.1. The quantitative estimate of drug-likeness (QED) is 0.368. The molecule has 0 fully saturated rings. The van der Waals surface area contributed by atoms with Crippen molar-refractivity contribution in [1.29, 1.82) is 0 Å². The molecule has 0 aliphatic carbocycles. The molecule has 0 aromatic heterocycles. The first-order valence-electron chi connectivity index (χ1n) is 9.47. The lowest BCUT2D eigenvalue weighted by molar-refractivity contribution is 0.321. The van der Waals surface area contributed by atoms with Crippen molar-refractivity contribution in [2.24, 2.45) is 0 Å². The van der Waals surface area contributed by atoms with Crippen molar-refractivity contribution in [2.75, 3.05) is 19.6 Å². The molecule has 0 amide bonds. The Morgan fingerprint density at radius 1 is 0.464 bits per heavy atom. The van der Waals surface area contributed by atoms with Gasteiger partial charge < -0.3 is 4.90 Å². The van der Waals surface area contributed by atoms with Crippen LogP contribution in [0.15, 0.2) is 106 Å². The van der Waals surface area contributed by atoms with Crippen LogP contribution in [-0.2, 0) is 0 Å². The Hall–Kier alpha value is -1.33. The third kappa shape index (κ3) is 16.8. The molecule has 28 heavy (non-hydrogen) atoms. The van der Waals surface area contributed by atoms with Crippen molar-refractivity contribution in [3.05, 3.63) is 91.0 Å². The lowest BCUT2D eigenvalue weighted by Crippen LogP contribution is -2.21. The first-order chi connectivity index (χ1) is 13.5. The van der Waals surface area contributed by atoms with Crippen LogP contribution >= 0.6 is 37.9 Å². The average molecular weight is 432 g/mol. The van der Waals surface area contributed by atoms with Crippen LogP contribution in [0.3, 0.4) is 0 Å². The first kappa shape index (κ1) is 26.7. The van der Waals surface area contributed by atoms with E-state index in [9.17, 15) is 0 Å². The number of thiol groups is 3. The molecule has 0 N–H and O–H groups in total. The lowest BCUT2D eigenvalue weighted by Gasteiger charge is -2.13. The summed E-state index contributed by atoms with van der Waals surface area (Å²) in [6.45, 7) is 10.1. The second-order valence-electron chi connectivity index (χ2n) is 5.63. The van der Waals surface area contributed by atoms with E-state index < -0.39 is 0 Å². The fourth-order valence-electron chi connectivity index (χ4n) is 1.95. The molecule has 0 bridgehead atoms. The molecule has 152 valence electrons. The van der Waals surface area contributed by atoms with Crippen molar-refractivity contribution >= 4 is 37.9 Å². The van der Waals surface area contributed by atoms with E-state index in [1.165, 1.54) is 19.6 Å². The van der Waals surface area contributed by atoms with E-state index >= 15 is 0 Å². The molecule has 0 heterocycles. The minimum atomic E-state index is 1.02. The van der Waals surface area contributed by atoms with E-state index in [0.29, 0.717) is 0 Å². The van der Waals surface area contributed by atoms with Gasteiger partial charge in [-0.2, -0.15) is 0 Å². The minimum Gasteiger partial charge on any atom is -0.304 e. The number of rotatable bonds is 3. The summed E-state index contributed by atoms with van der Waals surface area (Å²) < 4.78 is 0. The van der Waals surface area contributed by atoms with Gasteiger partial charge in [-0.15, -0.1) is 37.9 Å². The minimum absolute atomic E-state index is 1.02. The monoisotopic (exact) mass is 431 g/mol. The Bertz CT molecular complexity index is 577. The van der Waals surface area contributed by atoms with Crippen molar-refractivity contribution in [1.82, 2.24) is 4.90 Å². The summed E-state index contributed by atoms with van der Waals surface area (Å²) in [4.78, 5) is 5.42. The standard InChI is InChI=1S/C6H15N.3C6H6S/c1-4-7(5-2)6-3;3*7-6-4-2-1-3-5-6/h4-6H2,1-3H3;3*1-5,7H. The van der Waals surface area contributed by atoms with E-state index in [4.69, 9.17) is 0 Å². The van der Waals surface area contributed by atoms with Gasteiger partial charge >= 0.3 is 0 Å². The highest BCUT2D eigenvalue weighted by molar-refractivity contribution is 7.80. The summed E-state index contributed by atoms with van der Waals surface area (Å²) in [5.41, 5.74) is 0. The molecule has 0 saturated heterocycles. The van der Waals surface area contributed by atoms with Gasteiger partial charge in [0.15, 0.2) is 0 Å². The van der Waals surface area contributed by atoms with Gasteiger partial charge in [0.25, 0.3) is 0 Å². The molecule has 1 nitrogen and oxygen atoms in total. The molecule has 0 unspecified atom stereocenters. The maximum Gasteiger partial charge on any atom is 0.00399 e. The summed E-state index contributed by atoms with van der Waals surface area (Å²) in [6, 6.07) is 29.4. The molecule has 0 aliphatic rings. The van der Waals surface area contributed by atoms with Gasteiger partial charge in [0.1, 0.15) is 0 Å². The Morgan fingerprint density at radius 2 is 0.679 bits per heavy atom. The Balaban J connectivity index is 0.000000347. The summed E-state index contributed by atoms with van der Waals surface area (Å²) in [6.07, 6.45) is 0. The highest BCUT2D eigenvalue weighted by atomic mass is 32.1. The van der Waals surface area contributed by atoms with Crippen molar-refractivity contribution < 1.29 is 0 Å². The van der Waals surface area contributed by atoms with Gasteiger partial charge in [0.05, 0.1) is 0 Å². The van der Waals surface area contributed by atoms with Crippen molar-refractivity contribution in [3.63, 3.8) is 0 Å². The fourth-order valence-corrected chi connectivity index (χ4v) is 2.47. The summed E-state index contributed by atoms with van der Waals surface area (Å²) in [7, 11) is 0. The maximum absolute atomic E-state index is 4.08. The van der Waals surface area contributed by atoms with Crippen LogP contribution in [0.1, 0.15) is 20.8 Å². The van der Waals surface area contributed by atoms with Crippen LogP contribution in [-0.4, -0.2) is 24.5 Å². The predicted molar refractivity (Wildman–Crippen MR) is 135 cm³/mol. The van der Waals surface area contributed by atoms with Crippen LogP contribution in [0.25, 0.3) is 0 Å². The molecule has 0 spiro atoms. The lowest BCUT2D eigenvalue weighted by atomic mass is 10.4. The van der Waals surface area contributed by atoms with E-state index in [1.807, 2.05) is 91.0 Å². The largest absolute Gasteiger partial charge is 0.304 e. The smallest absolute Gasteiger partial charge is 0.00399 e. The third-order valence-electron chi connectivity index (χ3n) is 3.61. The van der Waals surface area contributed by atoms with Gasteiger partial charge in [0, 0.05) is 14.7 Å². The number of hydrogen-bond donors (Lipinski definition) is 3. The van der Waals surface area contributed by atoms with Crippen LogP contribution in [0.4, 0.5) is 0 Å². The fraction of sp³-hybridized carbons (Fsp3) is 0.250. The van der Waals surface area contributed by atoms with Crippen molar-refractivity contribution in [3.8, 4) is 0 Å². The van der Waals surface area contributed by atoms with Gasteiger partial charge in [-0.25, -0.2) is 0 Å². The summed E-state index contributed by atoms with van der Waals surface area (Å²) >= 11 is 12.3. The zero-order valence-electron chi connectivity index (χ0n) is 17.1. The summed E-state index contributed by atoms with van der Waals surface area (Å²) in [5.74, 6) is 0. The number of hydrogen-bond acceptors (Lipinski definition) is 4. The summed E-state index contributed by atoms with van der Waals surface area (Å²) in [5, 5.41) is 0. The predicted octanol–water partition coefficient (Wildman–Crippen LogP) is 7.27. The molecule has 3 aromatic rings. The second-order valence-corrected chi connectivity index (χ2v) is 7.18. The van der Waals surface area contributed by atoms with Gasteiger partial charge in [0.2, 0.25) is 0 Å². The number of nitrogens with zero attached hydrogens (tertiary/aromatic N) is 1. The topological polar surface area (TPSA) is 3.24 Å². The van der Waals surface area contributed by atoms with Gasteiger partial charge in [-0.3, -0.25) is 0 Å². The van der Waals surface area contributed by atoms with Crippen LogP contribution in [0.2, 0.25) is 0 Å². The maximum atomic E-state index is 4.08. The zero-order valence-corrected chi connectivity index (χ0v) is 19.8. The van der Waals surface area contributed by atoms with Crippen LogP contribution in [0.5, 0.6) is 0 Å². The van der Waals surface area contributed by atoms with E-state index in [2.05, 4.69) is 63.6 Å². The van der Waals surface area contributed by atoms with Crippen LogP contribution in [0, 0.1) is 0 Å². The van der Waals surface area contributed by atoms with E-state index in [-0.39, 0.29) is 0 Å². The Labute approximate surface area is 188 Å². The molecule has 3 rings (SSSR count). The van der Waals surface area contributed by atoms with Crippen LogP contribution < -0.4 is 0 Å². The molecular formula is C24H33NS3. The van der Waals surface area contributed by atoms with Gasteiger partial charge in [-0.1, -0.05) is 75.4 Å². The average Bonchev–Trinajstić information content (AvgIpc) is 2.73. The highest BCUT2D eigenvalue weighted by Crippen LogP contribution is 2.02. The second kappa shape index (κ2) is 19.0. The molecule has 0 saturated carbocycles. The molecule has 4 heteroatoms. The molecule has 0 atom stereocenters. The van der Waals surface area contributed by atoms with E-state index in [1.54, 1.807) is 0 Å². The number of benzene rings is 3. The Morgan fingerprint density at radius 3 is 0.750 bits per heavy atom. The molecular weight excluding hydrogens is 398 g/mol. The molecule has 0 radical (unpaired) electrons. The SMILES string of the molecule is CCN(CC)CC.Sc1ccccc1.Sc1ccccc1.Sc1ccccc1. The van der Waals surface area contributed by atoms with Crippen molar-refractivity contribution in [2.45, 2.75) is 35.5 Å². The third-order valence-corrected chi connectivity index (χ3v) is 4.50. The first-order valence-corrected chi connectivity index (χ1v) is 10.8. The van der Waals surface area contributed by atoms with Gasteiger partial charge in [-0.05, 0) is 56.0 Å². The van der Waals surface area contributed by atoms with E-state index in [0.717, 1.165) is 14.7 Å². The highest BCUT2D eigenvalue weighted by Gasteiger charge is 1.89. The zero-order chi connectivity index (χ0) is 21.0. The molecule has 3 aromatic carbocycles. The normalized spacial score (nSPS) is 9.11.